The zero-order chi connectivity index (χ0) is 12.4. The second kappa shape index (κ2) is 5.38. The van der Waals surface area contributed by atoms with Crippen LogP contribution in [0.4, 0.5) is 0 Å². The molecule has 0 amide bonds. The Hall–Kier alpha value is -0.910. The normalized spacial score (nSPS) is 26.8. The smallest absolute Gasteiger partial charge is 0.161 e. The first-order valence-electron chi connectivity index (χ1n) is 6.69. The fourth-order valence-electron chi connectivity index (χ4n) is 2.83. The highest BCUT2D eigenvalue weighted by Gasteiger charge is 2.31. The minimum atomic E-state index is 0.00634. The highest BCUT2D eigenvalue weighted by molar-refractivity contribution is 5.03. The summed E-state index contributed by atoms with van der Waals surface area (Å²) in [4.78, 5) is 2.41. The molecule has 2 aliphatic heterocycles. The molecule has 2 saturated heterocycles. The van der Waals surface area contributed by atoms with Crippen molar-refractivity contribution < 1.29 is 14.0 Å². The lowest BCUT2D eigenvalue weighted by molar-refractivity contribution is -0.101. The quantitative estimate of drug-likeness (QED) is 0.817. The first kappa shape index (κ1) is 12.1. The Morgan fingerprint density at radius 2 is 2.22 bits per heavy atom. The van der Waals surface area contributed by atoms with Crippen LogP contribution in [-0.4, -0.2) is 42.6 Å². The molecular formula is C13H20N2O3. The van der Waals surface area contributed by atoms with E-state index in [1.165, 1.54) is 12.8 Å². The second-order valence-corrected chi connectivity index (χ2v) is 5.18. The zero-order valence-corrected chi connectivity index (χ0v) is 10.8. The van der Waals surface area contributed by atoms with Gasteiger partial charge in [-0.1, -0.05) is 5.16 Å². The summed E-state index contributed by atoms with van der Waals surface area (Å²) in [5.41, 5.74) is 1.02. The third kappa shape index (κ3) is 2.74. The lowest BCUT2D eigenvalue weighted by Gasteiger charge is -2.34. The maximum absolute atomic E-state index is 5.61. The Morgan fingerprint density at radius 1 is 1.39 bits per heavy atom. The molecule has 0 spiro atoms. The number of likely N-dealkylation sites (tertiary alicyclic amines) is 1. The summed E-state index contributed by atoms with van der Waals surface area (Å²) < 4.78 is 16.3. The predicted octanol–water partition coefficient (Wildman–Crippen LogP) is 1.57. The number of ether oxygens (including phenoxy) is 2. The molecule has 5 heteroatoms. The largest absolute Gasteiger partial charge is 0.361 e. The molecule has 0 saturated carbocycles. The lowest BCUT2D eigenvalue weighted by Crippen LogP contribution is -2.40. The Kier molecular flexibility index (Phi) is 3.63. The van der Waals surface area contributed by atoms with Gasteiger partial charge >= 0.3 is 0 Å². The standard InChI is InChI=1S/C13H20N2O3/c1-10-7-12(14-18-10)9-15-4-2-3-11(8-15)13-16-5-6-17-13/h7,11,13H,2-6,8-9H2,1H3. The SMILES string of the molecule is Cc1cc(CN2CCCC(C3OCCO3)C2)no1. The van der Waals surface area contributed by atoms with Crippen molar-refractivity contribution in [2.45, 2.75) is 32.6 Å². The van der Waals surface area contributed by atoms with Crippen molar-refractivity contribution in [2.24, 2.45) is 5.92 Å². The van der Waals surface area contributed by atoms with Crippen LogP contribution in [0.5, 0.6) is 0 Å². The van der Waals surface area contributed by atoms with Crippen LogP contribution in [0.25, 0.3) is 0 Å². The Morgan fingerprint density at radius 3 is 2.94 bits per heavy atom. The molecule has 2 aliphatic rings. The summed E-state index contributed by atoms with van der Waals surface area (Å²) in [5.74, 6) is 1.37. The van der Waals surface area contributed by atoms with Crippen molar-refractivity contribution in [3.05, 3.63) is 17.5 Å². The van der Waals surface area contributed by atoms with Crippen molar-refractivity contribution in [2.75, 3.05) is 26.3 Å². The van der Waals surface area contributed by atoms with Crippen LogP contribution < -0.4 is 0 Å². The Labute approximate surface area is 107 Å². The topological polar surface area (TPSA) is 47.7 Å². The monoisotopic (exact) mass is 252 g/mol. The van der Waals surface area contributed by atoms with E-state index in [2.05, 4.69) is 10.1 Å². The van der Waals surface area contributed by atoms with Crippen molar-refractivity contribution in [3.8, 4) is 0 Å². The maximum Gasteiger partial charge on any atom is 0.161 e. The van der Waals surface area contributed by atoms with Crippen LogP contribution >= 0.6 is 0 Å². The molecule has 0 aromatic carbocycles. The molecule has 1 atom stereocenters. The van der Waals surface area contributed by atoms with Crippen molar-refractivity contribution in [1.82, 2.24) is 10.1 Å². The van der Waals surface area contributed by atoms with E-state index >= 15 is 0 Å². The van der Waals surface area contributed by atoms with Crippen LogP contribution in [0.3, 0.4) is 0 Å². The van der Waals surface area contributed by atoms with E-state index in [1.807, 2.05) is 13.0 Å². The average Bonchev–Trinajstić information content (AvgIpc) is 3.01. The van der Waals surface area contributed by atoms with Gasteiger partial charge in [-0.3, -0.25) is 4.90 Å². The average molecular weight is 252 g/mol. The van der Waals surface area contributed by atoms with E-state index < -0.39 is 0 Å². The molecule has 3 rings (SSSR count). The van der Waals surface area contributed by atoms with Gasteiger partial charge in [0.05, 0.1) is 18.9 Å². The summed E-state index contributed by atoms with van der Waals surface area (Å²) in [5, 5.41) is 4.05. The summed E-state index contributed by atoms with van der Waals surface area (Å²) in [6.45, 7) is 6.41. The van der Waals surface area contributed by atoms with Gasteiger partial charge in [0.25, 0.3) is 0 Å². The lowest BCUT2D eigenvalue weighted by atomic mass is 9.97. The summed E-state index contributed by atoms with van der Waals surface area (Å²) in [6.07, 6.45) is 2.40. The number of rotatable bonds is 3. The van der Waals surface area contributed by atoms with Crippen molar-refractivity contribution in [1.29, 1.82) is 0 Å². The predicted molar refractivity (Wildman–Crippen MR) is 64.9 cm³/mol. The van der Waals surface area contributed by atoms with Crippen molar-refractivity contribution >= 4 is 0 Å². The highest BCUT2D eigenvalue weighted by Crippen LogP contribution is 2.25. The number of aryl methyl sites for hydroxylation is 1. The number of hydrogen-bond acceptors (Lipinski definition) is 5. The van der Waals surface area contributed by atoms with E-state index in [4.69, 9.17) is 14.0 Å². The number of piperidine rings is 1. The van der Waals surface area contributed by atoms with Crippen LogP contribution in [0.15, 0.2) is 10.6 Å². The van der Waals surface area contributed by atoms with E-state index in [-0.39, 0.29) is 6.29 Å². The summed E-state index contributed by atoms with van der Waals surface area (Å²) >= 11 is 0. The molecular weight excluding hydrogens is 232 g/mol. The van der Waals surface area contributed by atoms with Crippen LogP contribution in [-0.2, 0) is 16.0 Å². The molecule has 1 aromatic heterocycles. The van der Waals surface area contributed by atoms with E-state index in [0.717, 1.165) is 44.3 Å². The first-order valence-corrected chi connectivity index (χ1v) is 6.69. The molecule has 2 fully saturated rings. The van der Waals surface area contributed by atoms with Gasteiger partial charge in [-0.05, 0) is 26.3 Å². The van der Waals surface area contributed by atoms with Crippen LogP contribution in [0.1, 0.15) is 24.3 Å². The number of aromatic nitrogens is 1. The molecule has 1 unspecified atom stereocenters. The third-order valence-corrected chi connectivity index (χ3v) is 3.64. The van der Waals surface area contributed by atoms with Gasteiger partial charge in [0.1, 0.15) is 5.76 Å². The molecule has 18 heavy (non-hydrogen) atoms. The Bertz CT molecular complexity index is 387. The van der Waals surface area contributed by atoms with Gasteiger partial charge in [0.2, 0.25) is 0 Å². The minimum absolute atomic E-state index is 0.00634. The molecule has 3 heterocycles. The maximum atomic E-state index is 5.61. The van der Waals surface area contributed by atoms with Gasteiger partial charge in [0.15, 0.2) is 6.29 Å². The van der Waals surface area contributed by atoms with E-state index in [0.29, 0.717) is 5.92 Å². The highest BCUT2D eigenvalue weighted by atomic mass is 16.7. The van der Waals surface area contributed by atoms with Gasteiger partial charge < -0.3 is 14.0 Å². The fraction of sp³-hybridized carbons (Fsp3) is 0.769. The van der Waals surface area contributed by atoms with E-state index in [1.54, 1.807) is 0 Å². The van der Waals surface area contributed by atoms with Gasteiger partial charge in [0, 0.05) is 25.1 Å². The zero-order valence-electron chi connectivity index (χ0n) is 10.8. The van der Waals surface area contributed by atoms with E-state index in [9.17, 15) is 0 Å². The number of nitrogens with zero attached hydrogens (tertiary/aromatic N) is 2. The molecule has 0 radical (unpaired) electrons. The summed E-state index contributed by atoms with van der Waals surface area (Å²) in [6, 6.07) is 2.01. The Balaban J connectivity index is 1.56. The molecule has 100 valence electrons. The molecule has 0 N–H and O–H groups in total. The van der Waals surface area contributed by atoms with Gasteiger partial charge in [-0.25, -0.2) is 0 Å². The van der Waals surface area contributed by atoms with Crippen LogP contribution in [0, 0.1) is 12.8 Å². The van der Waals surface area contributed by atoms with Gasteiger partial charge in [-0.15, -0.1) is 0 Å². The fourth-order valence-corrected chi connectivity index (χ4v) is 2.83. The molecule has 0 aliphatic carbocycles. The minimum Gasteiger partial charge on any atom is -0.361 e. The van der Waals surface area contributed by atoms with Gasteiger partial charge in [-0.2, -0.15) is 0 Å². The molecule has 0 bridgehead atoms. The summed E-state index contributed by atoms with van der Waals surface area (Å²) in [7, 11) is 0. The first-order chi connectivity index (χ1) is 8.81. The molecule has 5 nitrogen and oxygen atoms in total. The van der Waals surface area contributed by atoms with Crippen molar-refractivity contribution in [3.63, 3.8) is 0 Å². The second-order valence-electron chi connectivity index (χ2n) is 5.18. The molecule has 1 aromatic rings. The van der Waals surface area contributed by atoms with Crippen LogP contribution in [0.2, 0.25) is 0 Å². The third-order valence-electron chi connectivity index (χ3n) is 3.64. The number of hydrogen-bond donors (Lipinski definition) is 0.